The molecular formula is C13H13NO4S. The molecule has 19 heavy (non-hydrogen) atoms. The van der Waals surface area contributed by atoms with Gasteiger partial charge in [-0.1, -0.05) is 0 Å². The first kappa shape index (κ1) is 13.4. The van der Waals surface area contributed by atoms with E-state index >= 15 is 0 Å². The molecule has 2 aromatic rings. The quantitative estimate of drug-likeness (QED) is 0.848. The lowest BCUT2D eigenvalue weighted by Gasteiger charge is -2.07. The smallest absolute Gasteiger partial charge is 0.258 e. The minimum atomic E-state index is -3.23. The second-order valence-corrected chi connectivity index (χ2v) is 6.06. The molecule has 0 atom stereocenters. The molecule has 0 aliphatic rings. The molecule has 0 amide bonds. The Balaban J connectivity index is 2.46. The van der Waals surface area contributed by atoms with Crippen LogP contribution >= 0.6 is 0 Å². The van der Waals surface area contributed by atoms with Crippen LogP contribution in [0.5, 0.6) is 5.75 Å². The highest BCUT2D eigenvalue weighted by Crippen LogP contribution is 2.13. The highest BCUT2D eigenvalue weighted by atomic mass is 32.2. The summed E-state index contributed by atoms with van der Waals surface area (Å²) in [6.07, 6.45) is 2.72. The van der Waals surface area contributed by atoms with Crippen LogP contribution in [0.4, 0.5) is 0 Å². The highest BCUT2D eigenvalue weighted by molar-refractivity contribution is 7.90. The number of methoxy groups -OCH3 is 1. The van der Waals surface area contributed by atoms with Crippen molar-refractivity contribution in [2.24, 2.45) is 0 Å². The number of rotatable bonds is 3. The van der Waals surface area contributed by atoms with E-state index in [0.717, 1.165) is 6.26 Å². The zero-order valence-electron chi connectivity index (χ0n) is 10.5. The predicted octanol–water partition coefficient (Wildman–Crippen LogP) is 1.25. The topological polar surface area (TPSA) is 65.4 Å². The molecule has 1 aromatic carbocycles. The number of aromatic nitrogens is 1. The third kappa shape index (κ3) is 2.85. The van der Waals surface area contributed by atoms with Gasteiger partial charge in [-0.25, -0.2) is 8.42 Å². The van der Waals surface area contributed by atoms with Crippen molar-refractivity contribution in [1.29, 1.82) is 0 Å². The van der Waals surface area contributed by atoms with Crippen molar-refractivity contribution in [3.8, 4) is 11.4 Å². The Hall–Kier alpha value is -2.08. The molecule has 100 valence electrons. The number of benzene rings is 1. The fourth-order valence-corrected chi connectivity index (χ4v) is 2.29. The Bertz CT molecular complexity index is 745. The van der Waals surface area contributed by atoms with E-state index < -0.39 is 9.84 Å². The Morgan fingerprint density at radius 3 is 2.21 bits per heavy atom. The average molecular weight is 279 g/mol. The second kappa shape index (κ2) is 4.89. The average Bonchev–Trinajstić information content (AvgIpc) is 2.37. The SMILES string of the molecule is COc1ccn(-c2ccc(S(C)(=O)=O)cc2)c(=O)c1. The van der Waals surface area contributed by atoms with E-state index in [1.165, 1.54) is 29.9 Å². The van der Waals surface area contributed by atoms with Crippen LogP contribution in [0.15, 0.2) is 52.3 Å². The molecule has 5 nitrogen and oxygen atoms in total. The second-order valence-electron chi connectivity index (χ2n) is 4.04. The molecule has 0 N–H and O–H groups in total. The lowest BCUT2D eigenvalue weighted by atomic mass is 10.3. The largest absolute Gasteiger partial charge is 0.497 e. The Morgan fingerprint density at radius 2 is 1.74 bits per heavy atom. The van der Waals surface area contributed by atoms with Crippen LogP contribution in [0.3, 0.4) is 0 Å². The third-order valence-electron chi connectivity index (χ3n) is 2.67. The fourth-order valence-electron chi connectivity index (χ4n) is 1.66. The van der Waals surface area contributed by atoms with Gasteiger partial charge in [-0.2, -0.15) is 0 Å². The van der Waals surface area contributed by atoms with Crippen molar-refractivity contribution < 1.29 is 13.2 Å². The number of nitrogens with zero attached hydrogens (tertiary/aromatic N) is 1. The Labute approximate surface area is 111 Å². The minimum absolute atomic E-state index is 0.220. The lowest BCUT2D eigenvalue weighted by Crippen LogP contribution is -2.16. The normalized spacial score (nSPS) is 11.3. The first-order chi connectivity index (χ1) is 8.91. The zero-order valence-corrected chi connectivity index (χ0v) is 11.3. The van der Waals surface area contributed by atoms with E-state index in [-0.39, 0.29) is 10.5 Å². The van der Waals surface area contributed by atoms with Crippen molar-refractivity contribution in [3.05, 3.63) is 52.9 Å². The monoisotopic (exact) mass is 279 g/mol. The predicted molar refractivity (Wildman–Crippen MR) is 71.7 cm³/mol. The molecule has 2 rings (SSSR count). The summed E-state index contributed by atoms with van der Waals surface area (Å²) in [5.74, 6) is 0.481. The van der Waals surface area contributed by atoms with Crippen LogP contribution in [0, 0.1) is 0 Å². The van der Waals surface area contributed by atoms with Crippen molar-refractivity contribution in [3.63, 3.8) is 0 Å². The number of ether oxygens (including phenoxy) is 1. The van der Waals surface area contributed by atoms with Gasteiger partial charge in [-0.3, -0.25) is 9.36 Å². The Kier molecular flexibility index (Phi) is 3.44. The van der Waals surface area contributed by atoms with Crippen LogP contribution in [-0.4, -0.2) is 26.4 Å². The maximum absolute atomic E-state index is 11.8. The molecule has 0 bridgehead atoms. The zero-order chi connectivity index (χ0) is 14.0. The summed E-state index contributed by atoms with van der Waals surface area (Å²) in [4.78, 5) is 12.1. The number of hydrogen-bond donors (Lipinski definition) is 0. The van der Waals surface area contributed by atoms with Crippen molar-refractivity contribution in [2.75, 3.05) is 13.4 Å². The molecule has 0 fully saturated rings. The van der Waals surface area contributed by atoms with E-state index in [0.29, 0.717) is 11.4 Å². The number of sulfone groups is 1. The van der Waals surface area contributed by atoms with E-state index in [1.807, 2.05) is 0 Å². The van der Waals surface area contributed by atoms with Gasteiger partial charge in [-0.15, -0.1) is 0 Å². The van der Waals surface area contributed by atoms with Gasteiger partial charge in [0.1, 0.15) is 5.75 Å². The number of pyridine rings is 1. The third-order valence-corrected chi connectivity index (χ3v) is 3.80. The molecule has 1 heterocycles. The fraction of sp³-hybridized carbons (Fsp3) is 0.154. The summed E-state index contributed by atoms with van der Waals surface area (Å²) >= 11 is 0. The molecule has 0 saturated carbocycles. The van der Waals surface area contributed by atoms with Gasteiger partial charge in [0.25, 0.3) is 5.56 Å². The van der Waals surface area contributed by atoms with Gasteiger partial charge < -0.3 is 4.74 Å². The molecule has 0 aliphatic carbocycles. The molecule has 6 heteroatoms. The van der Waals surface area contributed by atoms with Gasteiger partial charge in [0.05, 0.1) is 12.0 Å². The standard InChI is InChI=1S/C13H13NO4S/c1-18-11-7-8-14(13(15)9-11)10-3-5-12(6-4-10)19(2,16)17/h3-9H,1-2H3. The van der Waals surface area contributed by atoms with Crippen molar-refractivity contribution >= 4 is 9.84 Å². The summed E-state index contributed by atoms with van der Waals surface area (Å²) in [6.45, 7) is 0. The summed E-state index contributed by atoms with van der Waals surface area (Å²) in [5.41, 5.74) is 0.353. The van der Waals surface area contributed by atoms with Crippen LogP contribution in [0.1, 0.15) is 0 Å². The molecule has 0 radical (unpaired) electrons. The van der Waals surface area contributed by atoms with Gasteiger partial charge in [0.2, 0.25) is 0 Å². The summed E-state index contributed by atoms with van der Waals surface area (Å²) in [7, 11) is -1.74. The molecule has 0 aliphatic heterocycles. The first-order valence-corrected chi connectivity index (χ1v) is 7.38. The van der Waals surface area contributed by atoms with E-state index in [4.69, 9.17) is 4.74 Å². The summed E-state index contributed by atoms with van der Waals surface area (Å²) in [6, 6.07) is 9.15. The molecule has 1 aromatic heterocycles. The van der Waals surface area contributed by atoms with Crippen LogP contribution < -0.4 is 10.3 Å². The molecular weight excluding hydrogens is 266 g/mol. The maximum Gasteiger partial charge on any atom is 0.258 e. The number of hydrogen-bond acceptors (Lipinski definition) is 4. The van der Waals surface area contributed by atoms with Gasteiger partial charge >= 0.3 is 0 Å². The Morgan fingerprint density at radius 1 is 1.11 bits per heavy atom. The minimum Gasteiger partial charge on any atom is -0.497 e. The van der Waals surface area contributed by atoms with Gasteiger partial charge in [0, 0.05) is 24.2 Å². The first-order valence-electron chi connectivity index (χ1n) is 5.49. The van der Waals surface area contributed by atoms with Gasteiger partial charge in [-0.05, 0) is 30.3 Å². The molecule has 0 spiro atoms. The van der Waals surface area contributed by atoms with E-state index in [9.17, 15) is 13.2 Å². The van der Waals surface area contributed by atoms with Crippen molar-refractivity contribution in [2.45, 2.75) is 4.90 Å². The lowest BCUT2D eigenvalue weighted by molar-refractivity contribution is 0.413. The van der Waals surface area contributed by atoms with E-state index in [1.54, 1.807) is 24.4 Å². The molecule has 0 saturated heterocycles. The van der Waals surface area contributed by atoms with Crippen molar-refractivity contribution in [1.82, 2.24) is 4.57 Å². The van der Waals surface area contributed by atoms with Crippen LogP contribution in [-0.2, 0) is 9.84 Å². The summed E-state index contributed by atoms with van der Waals surface area (Å²) < 4.78 is 29.1. The summed E-state index contributed by atoms with van der Waals surface area (Å²) in [5, 5.41) is 0. The van der Waals surface area contributed by atoms with Crippen LogP contribution in [0.25, 0.3) is 5.69 Å². The highest BCUT2D eigenvalue weighted by Gasteiger charge is 2.07. The van der Waals surface area contributed by atoms with E-state index in [2.05, 4.69) is 0 Å². The maximum atomic E-state index is 11.8. The van der Waals surface area contributed by atoms with Gasteiger partial charge in [0.15, 0.2) is 9.84 Å². The molecule has 0 unspecified atom stereocenters. The van der Waals surface area contributed by atoms with Crippen LogP contribution in [0.2, 0.25) is 0 Å².